The highest BCUT2D eigenvalue weighted by molar-refractivity contribution is 14.1. The van der Waals surface area contributed by atoms with Crippen molar-refractivity contribution >= 4 is 39.7 Å². The van der Waals surface area contributed by atoms with Crippen LogP contribution < -0.4 is 0 Å². The highest BCUT2D eigenvalue weighted by Gasteiger charge is 2.12. The molecule has 2 aromatic carbocycles. The molecule has 94 valence electrons. The van der Waals surface area contributed by atoms with Crippen LogP contribution in [0.15, 0.2) is 46.9 Å². The van der Waals surface area contributed by atoms with Gasteiger partial charge in [-0.3, -0.25) is 0 Å². The first-order valence-electron chi connectivity index (χ1n) is 5.54. The Balaban J connectivity index is 2.17. The van der Waals surface area contributed by atoms with Gasteiger partial charge in [-0.25, -0.2) is 9.78 Å². The molecule has 1 aromatic heterocycles. The molecule has 3 rings (SSSR count). The third-order valence-corrected chi connectivity index (χ3v) is 3.68. The topological polar surface area (TPSA) is 63.3 Å². The van der Waals surface area contributed by atoms with Gasteiger partial charge in [0, 0.05) is 3.57 Å². The van der Waals surface area contributed by atoms with E-state index in [1.165, 1.54) is 12.1 Å². The number of carbonyl (C=O) groups is 1. The largest absolute Gasteiger partial charge is 0.478 e. The number of hydrogen-bond acceptors (Lipinski definition) is 3. The molecular weight excluding hydrogens is 357 g/mol. The van der Waals surface area contributed by atoms with Gasteiger partial charge in [0.05, 0.1) is 11.1 Å². The molecule has 1 N–H and O–H groups in total. The molecule has 0 bridgehead atoms. The Morgan fingerprint density at radius 3 is 2.74 bits per heavy atom. The number of rotatable bonds is 2. The summed E-state index contributed by atoms with van der Waals surface area (Å²) >= 11 is 2.21. The number of hydrogen-bond donors (Lipinski definition) is 1. The summed E-state index contributed by atoms with van der Waals surface area (Å²) in [5.74, 6) is -0.475. The molecule has 0 aliphatic carbocycles. The van der Waals surface area contributed by atoms with Crippen molar-refractivity contribution in [3.8, 4) is 11.5 Å². The van der Waals surface area contributed by atoms with E-state index < -0.39 is 5.97 Å². The van der Waals surface area contributed by atoms with E-state index in [9.17, 15) is 4.79 Å². The number of oxazole rings is 1. The van der Waals surface area contributed by atoms with Crippen LogP contribution >= 0.6 is 22.6 Å². The van der Waals surface area contributed by atoms with Crippen LogP contribution in [0.1, 0.15) is 10.4 Å². The Kier molecular flexibility index (Phi) is 2.98. The zero-order valence-corrected chi connectivity index (χ0v) is 11.8. The molecule has 5 heteroatoms. The van der Waals surface area contributed by atoms with Gasteiger partial charge in [0.2, 0.25) is 5.89 Å². The molecule has 19 heavy (non-hydrogen) atoms. The number of halogens is 1. The Morgan fingerprint density at radius 2 is 2.00 bits per heavy atom. The number of fused-ring (bicyclic) bond motifs is 1. The van der Waals surface area contributed by atoms with Crippen LogP contribution in [-0.2, 0) is 0 Å². The molecule has 1 heterocycles. The first-order valence-corrected chi connectivity index (χ1v) is 6.62. The first kappa shape index (κ1) is 12.2. The van der Waals surface area contributed by atoms with E-state index in [0.717, 1.165) is 9.13 Å². The van der Waals surface area contributed by atoms with Gasteiger partial charge in [-0.1, -0.05) is 12.1 Å². The molecule has 0 fully saturated rings. The molecule has 0 aliphatic rings. The maximum Gasteiger partial charge on any atom is 0.335 e. The monoisotopic (exact) mass is 365 g/mol. The highest BCUT2D eigenvalue weighted by Crippen LogP contribution is 2.28. The number of carboxylic acids is 1. The van der Waals surface area contributed by atoms with Crippen LogP contribution in [0.5, 0.6) is 0 Å². The molecule has 0 atom stereocenters. The minimum atomic E-state index is -0.978. The molecule has 0 radical (unpaired) electrons. The smallest absolute Gasteiger partial charge is 0.335 e. The Morgan fingerprint density at radius 1 is 1.21 bits per heavy atom. The van der Waals surface area contributed by atoms with Crippen molar-refractivity contribution in [2.45, 2.75) is 0 Å². The summed E-state index contributed by atoms with van der Waals surface area (Å²) in [6.07, 6.45) is 0. The van der Waals surface area contributed by atoms with Crippen LogP contribution in [-0.4, -0.2) is 16.1 Å². The maximum atomic E-state index is 10.9. The average molecular weight is 365 g/mol. The lowest BCUT2D eigenvalue weighted by atomic mass is 10.2. The summed E-state index contributed by atoms with van der Waals surface area (Å²) < 4.78 is 6.68. The van der Waals surface area contributed by atoms with Crippen LogP contribution in [0, 0.1) is 3.57 Å². The van der Waals surface area contributed by atoms with Crippen LogP contribution in [0.4, 0.5) is 0 Å². The molecule has 0 saturated carbocycles. The molecular formula is C14H8INO3. The Hall–Kier alpha value is -1.89. The van der Waals surface area contributed by atoms with Crippen molar-refractivity contribution in [3.63, 3.8) is 0 Å². The van der Waals surface area contributed by atoms with Gasteiger partial charge < -0.3 is 9.52 Å². The van der Waals surface area contributed by atoms with E-state index >= 15 is 0 Å². The first-order chi connectivity index (χ1) is 9.15. The van der Waals surface area contributed by atoms with Gasteiger partial charge in [-0.05, 0) is 52.9 Å². The zero-order valence-electron chi connectivity index (χ0n) is 9.63. The predicted molar refractivity (Wildman–Crippen MR) is 79.1 cm³/mol. The van der Waals surface area contributed by atoms with Crippen LogP contribution in [0.2, 0.25) is 0 Å². The fourth-order valence-electron chi connectivity index (χ4n) is 1.81. The van der Waals surface area contributed by atoms with Gasteiger partial charge in [-0.15, -0.1) is 0 Å². The van der Waals surface area contributed by atoms with Crippen molar-refractivity contribution in [1.29, 1.82) is 0 Å². The van der Waals surface area contributed by atoms with Crippen LogP contribution in [0.25, 0.3) is 22.6 Å². The number of aromatic nitrogens is 1. The second kappa shape index (κ2) is 4.65. The fourth-order valence-corrected chi connectivity index (χ4v) is 2.43. The highest BCUT2D eigenvalue weighted by atomic mass is 127. The van der Waals surface area contributed by atoms with E-state index in [1.54, 1.807) is 6.07 Å². The summed E-state index contributed by atoms with van der Waals surface area (Å²) in [6.45, 7) is 0. The summed E-state index contributed by atoms with van der Waals surface area (Å²) in [6, 6.07) is 12.4. The number of aromatic carboxylic acids is 1. The van der Waals surface area contributed by atoms with Crippen molar-refractivity contribution in [2.24, 2.45) is 0 Å². The number of benzene rings is 2. The fraction of sp³-hybridized carbons (Fsp3) is 0. The van der Waals surface area contributed by atoms with Gasteiger partial charge in [0.25, 0.3) is 0 Å². The summed E-state index contributed by atoms with van der Waals surface area (Å²) in [5, 5.41) is 8.95. The third kappa shape index (κ3) is 2.21. The summed E-state index contributed by atoms with van der Waals surface area (Å²) in [7, 11) is 0. The molecule has 0 aliphatic heterocycles. The SMILES string of the molecule is O=C(O)c1ccc2nc(-c3ccccc3I)oc2c1. The molecule has 0 amide bonds. The standard InChI is InChI=1S/C14H8INO3/c15-10-4-2-1-3-9(10)13-16-11-6-5-8(14(17)18)7-12(11)19-13/h1-7H,(H,17,18). The van der Waals surface area contributed by atoms with Gasteiger partial charge >= 0.3 is 5.97 Å². The predicted octanol–water partition coefficient (Wildman–Crippen LogP) is 3.80. The molecule has 0 spiro atoms. The van der Waals surface area contributed by atoms with Crippen molar-refractivity contribution in [2.75, 3.05) is 0 Å². The van der Waals surface area contributed by atoms with E-state index in [2.05, 4.69) is 27.6 Å². The van der Waals surface area contributed by atoms with Crippen LogP contribution in [0.3, 0.4) is 0 Å². The normalized spacial score (nSPS) is 10.8. The van der Waals surface area contributed by atoms with Gasteiger partial charge in [-0.2, -0.15) is 0 Å². The lowest BCUT2D eigenvalue weighted by molar-refractivity contribution is 0.0697. The quantitative estimate of drug-likeness (QED) is 0.702. The minimum Gasteiger partial charge on any atom is -0.478 e. The van der Waals surface area contributed by atoms with Gasteiger partial charge in [0.15, 0.2) is 5.58 Å². The number of carboxylic acid groups (broad SMARTS) is 1. The lowest BCUT2D eigenvalue weighted by Crippen LogP contribution is -1.94. The molecule has 0 unspecified atom stereocenters. The average Bonchev–Trinajstić information content (AvgIpc) is 2.81. The zero-order chi connectivity index (χ0) is 13.4. The van der Waals surface area contributed by atoms with Crippen molar-refractivity contribution in [3.05, 3.63) is 51.6 Å². The number of nitrogens with zero attached hydrogens (tertiary/aromatic N) is 1. The second-order valence-electron chi connectivity index (χ2n) is 3.99. The lowest BCUT2D eigenvalue weighted by Gasteiger charge is -1.97. The molecule has 3 aromatic rings. The van der Waals surface area contributed by atoms with E-state index in [-0.39, 0.29) is 5.56 Å². The molecule has 0 saturated heterocycles. The second-order valence-corrected chi connectivity index (χ2v) is 5.15. The van der Waals surface area contributed by atoms with E-state index in [4.69, 9.17) is 9.52 Å². The third-order valence-electron chi connectivity index (χ3n) is 2.74. The maximum absolute atomic E-state index is 10.9. The summed E-state index contributed by atoms with van der Waals surface area (Å²) in [5.41, 5.74) is 2.23. The van der Waals surface area contributed by atoms with E-state index in [1.807, 2.05) is 24.3 Å². The van der Waals surface area contributed by atoms with Crippen molar-refractivity contribution < 1.29 is 14.3 Å². The Bertz CT molecular complexity index is 779. The minimum absolute atomic E-state index is 0.193. The van der Waals surface area contributed by atoms with Gasteiger partial charge in [0.1, 0.15) is 5.52 Å². The molecule has 4 nitrogen and oxygen atoms in total. The van der Waals surface area contributed by atoms with Crippen molar-refractivity contribution in [1.82, 2.24) is 4.98 Å². The summed E-state index contributed by atoms with van der Waals surface area (Å²) in [4.78, 5) is 15.3. The Labute approximate surface area is 122 Å². The van der Waals surface area contributed by atoms with E-state index in [0.29, 0.717) is 17.0 Å².